The van der Waals surface area contributed by atoms with Gasteiger partial charge in [-0.1, -0.05) is 0 Å². The van der Waals surface area contributed by atoms with Crippen LogP contribution in [0.5, 0.6) is 0 Å². The molecule has 27 heavy (non-hydrogen) atoms. The summed E-state index contributed by atoms with van der Waals surface area (Å²) in [4.78, 5) is 20.6. The Balaban J connectivity index is 2.31. The number of hydrogen-bond donors (Lipinski definition) is 3. The van der Waals surface area contributed by atoms with Crippen molar-refractivity contribution in [1.82, 2.24) is 0 Å². The third-order valence-electron chi connectivity index (χ3n) is 4.18. The quantitative estimate of drug-likeness (QED) is 0.417. The summed E-state index contributed by atoms with van der Waals surface area (Å²) in [5.74, 6) is 1.49. The van der Waals surface area contributed by atoms with E-state index in [1.54, 1.807) is 12.1 Å². The van der Waals surface area contributed by atoms with Crippen molar-refractivity contribution in [2.75, 3.05) is 6.16 Å². The van der Waals surface area contributed by atoms with Gasteiger partial charge < -0.3 is 0 Å². The number of aliphatic carboxylic acids is 1. The van der Waals surface area contributed by atoms with E-state index in [1.165, 1.54) is 12.1 Å². The summed E-state index contributed by atoms with van der Waals surface area (Å²) in [5.41, 5.74) is 3.40. The van der Waals surface area contributed by atoms with E-state index in [4.69, 9.17) is 5.11 Å². The summed E-state index contributed by atoms with van der Waals surface area (Å²) in [5, 5.41) is 18.3. The van der Waals surface area contributed by atoms with E-state index in [9.17, 15) is 23.7 Å². The van der Waals surface area contributed by atoms with Crippen molar-refractivity contribution in [3.63, 3.8) is 0 Å². The van der Waals surface area contributed by atoms with E-state index < -0.39 is 53.5 Å². The van der Waals surface area contributed by atoms with Crippen LogP contribution in [0.15, 0.2) is 43.1 Å². The van der Waals surface area contributed by atoms with Crippen LogP contribution in [0, 0.1) is 23.3 Å². The summed E-state index contributed by atoms with van der Waals surface area (Å²) < 4.78 is 29.5. The molecule has 0 fully saturated rings. The van der Waals surface area contributed by atoms with Crippen LogP contribution in [-0.4, -0.2) is 54.8 Å². The van der Waals surface area contributed by atoms with Crippen LogP contribution in [0.3, 0.4) is 0 Å². The second-order valence-electron chi connectivity index (χ2n) is 6.78. The molecule has 8 heteroatoms. The van der Waals surface area contributed by atoms with Crippen LogP contribution in [-0.2, 0) is 9.36 Å². The van der Waals surface area contributed by atoms with Crippen LogP contribution in [0.1, 0.15) is 20.3 Å². The molecule has 2 rings (SSSR count). The molecule has 0 bridgehead atoms. The van der Waals surface area contributed by atoms with Crippen molar-refractivity contribution in [1.29, 1.82) is 0 Å². The molecule has 0 amide bonds. The van der Waals surface area contributed by atoms with Crippen LogP contribution in [0.25, 0.3) is 0 Å². The van der Waals surface area contributed by atoms with Crippen molar-refractivity contribution in [3.05, 3.63) is 48.9 Å². The third kappa shape index (κ3) is 6.36. The molecule has 0 saturated heterocycles. The van der Waals surface area contributed by atoms with Gasteiger partial charge in [0.1, 0.15) is 0 Å². The van der Waals surface area contributed by atoms with Gasteiger partial charge in [-0.3, -0.25) is 0 Å². The van der Waals surface area contributed by atoms with Crippen molar-refractivity contribution in [2.45, 2.75) is 26.4 Å². The molecule has 1 aromatic rings. The van der Waals surface area contributed by atoms with E-state index in [1.807, 2.05) is 19.9 Å². The monoisotopic (exact) mass is 494 g/mol. The van der Waals surface area contributed by atoms with Crippen molar-refractivity contribution in [3.8, 4) is 11.6 Å². The van der Waals surface area contributed by atoms with Crippen LogP contribution >= 0.6 is 7.37 Å². The van der Waals surface area contributed by atoms with Gasteiger partial charge >= 0.3 is 166 Å². The van der Waals surface area contributed by atoms with Crippen LogP contribution < -0.4 is 3.32 Å². The molecule has 0 aromatic heterocycles. The predicted octanol–water partition coefficient (Wildman–Crippen LogP) is 2.20. The average molecular weight is 494 g/mol. The standard InChI is InChI=1S/C13H17O5P.C6H4F.In/c1-4-11(10(2)3)6-5-7-19(17,18)9-12(14)8-13(15)16;7-6-4-2-1-3-5-6;/h1,4,10,12,14H,8-9H2,2-3H3,(H,15,16)(H,17,18);2-5H;/t12-;;/m0../s1. The molecular formula is C19H21FInO5P. The fourth-order valence-corrected chi connectivity index (χ4v) is 12.3. The first kappa shape index (κ1) is 22.0. The summed E-state index contributed by atoms with van der Waals surface area (Å²) in [6.07, 6.45) is -0.615. The molecule has 3 N–H and O–H groups in total. The average Bonchev–Trinajstić information content (AvgIpc) is 2.96. The first-order valence-corrected chi connectivity index (χ1v) is 15.6. The molecule has 1 unspecified atom stereocenters. The Morgan fingerprint density at radius 2 is 1.93 bits per heavy atom. The topological polar surface area (TPSA) is 94.8 Å². The Hall–Kier alpha value is -1.32. The zero-order valence-corrected chi connectivity index (χ0v) is 19.3. The van der Waals surface area contributed by atoms with Gasteiger partial charge in [-0.25, -0.2) is 0 Å². The fourth-order valence-electron chi connectivity index (χ4n) is 2.91. The Kier molecular flexibility index (Phi) is 7.53. The molecule has 1 aliphatic rings. The minimum absolute atomic E-state index is 0.184. The number of carbonyl (C=O) groups is 1. The van der Waals surface area contributed by atoms with Crippen LogP contribution in [0.4, 0.5) is 4.39 Å². The Morgan fingerprint density at radius 3 is 2.48 bits per heavy atom. The minimum atomic E-state index is -4.00. The van der Waals surface area contributed by atoms with Gasteiger partial charge in [0.15, 0.2) is 0 Å². The first-order chi connectivity index (χ1) is 12.6. The molecule has 0 saturated carbocycles. The second-order valence-corrected chi connectivity index (χ2v) is 16.2. The Bertz CT molecular complexity index is 880. The number of carboxylic acids is 1. The number of aliphatic hydroxyl groups excluding tert-OH is 1. The van der Waals surface area contributed by atoms with E-state index in [-0.39, 0.29) is 11.7 Å². The molecule has 0 aliphatic carbocycles. The number of allylic oxidation sites excluding steroid dienone is 3. The van der Waals surface area contributed by atoms with Crippen molar-refractivity contribution < 1.29 is 28.9 Å². The SMILES string of the molecule is CC(C)C1=[C](C#CP(=O)(O)C[C@@H](O)CC(=O)O)[In]([c]2ccc(F)cc2)[CH]=C1. The van der Waals surface area contributed by atoms with Gasteiger partial charge in [-0.2, -0.15) is 0 Å². The maximum atomic E-state index is 13.2. The zero-order valence-electron chi connectivity index (χ0n) is 15.1. The molecule has 1 aliphatic heterocycles. The van der Waals surface area contributed by atoms with Gasteiger partial charge in [-0.15, -0.1) is 0 Å². The van der Waals surface area contributed by atoms with E-state index in [0.717, 1.165) is 12.2 Å². The van der Waals surface area contributed by atoms with Gasteiger partial charge in [0.2, 0.25) is 0 Å². The predicted molar refractivity (Wildman–Crippen MR) is 104 cm³/mol. The van der Waals surface area contributed by atoms with Crippen molar-refractivity contribution in [2.24, 2.45) is 5.92 Å². The zero-order chi connectivity index (χ0) is 20.2. The fraction of sp³-hybridized carbons (Fsp3) is 0.316. The number of hydrogen-bond acceptors (Lipinski definition) is 3. The third-order valence-corrected chi connectivity index (χ3v) is 13.5. The number of halogens is 1. The summed E-state index contributed by atoms with van der Waals surface area (Å²) in [6, 6.07) is 6.27. The van der Waals surface area contributed by atoms with Gasteiger partial charge in [0.05, 0.1) is 0 Å². The Labute approximate surface area is 165 Å². The van der Waals surface area contributed by atoms with Gasteiger partial charge in [0.25, 0.3) is 0 Å². The summed E-state index contributed by atoms with van der Waals surface area (Å²) in [6.45, 7) is 4.02. The molecule has 1 aromatic carbocycles. The molecular weight excluding hydrogens is 473 g/mol. The van der Waals surface area contributed by atoms with E-state index >= 15 is 0 Å². The summed E-state index contributed by atoms with van der Waals surface area (Å²) >= 11 is -2.70. The molecule has 0 radical (unpaired) electrons. The first-order valence-electron chi connectivity index (χ1n) is 8.51. The Morgan fingerprint density at radius 1 is 1.30 bits per heavy atom. The molecule has 0 spiro atoms. The molecule has 142 valence electrons. The van der Waals surface area contributed by atoms with Gasteiger partial charge in [-0.05, 0) is 0 Å². The summed E-state index contributed by atoms with van der Waals surface area (Å²) in [7, 11) is -4.00. The van der Waals surface area contributed by atoms with Gasteiger partial charge in [0, 0.05) is 0 Å². The normalized spacial score (nSPS) is 16.9. The van der Waals surface area contributed by atoms with E-state index in [0.29, 0.717) is 0 Å². The number of benzene rings is 1. The molecule has 2 atom stereocenters. The number of rotatable bonds is 6. The van der Waals surface area contributed by atoms with Crippen LogP contribution in [0.2, 0.25) is 0 Å². The number of aliphatic hydroxyl groups is 1. The van der Waals surface area contributed by atoms with Crippen molar-refractivity contribution >= 4 is 38.1 Å². The van der Waals surface area contributed by atoms with E-state index in [2.05, 4.69) is 15.4 Å². The number of carboxylic acid groups (broad SMARTS) is 1. The second kappa shape index (κ2) is 9.25. The maximum absolute atomic E-state index is 13.2. The molecule has 5 nitrogen and oxygen atoms in total. The molecule has 1 heterocycles.